The van der Waals surface area contributed by atoms with Crippen LogP contribution in [0.5, 0.6) is 0 Å². The quantitative estimate of drug-likeness (QED) is 0.326. The molecule has 0 aromatic heterocycles. The SMILES string of the molecule is CCC(O)CCC(CCCC(C)(C)O)C1CCC2/C(=C/C=C3/CCC[C@H](O)C3)CCC[C@@]21C. The minimum absolute atomic E-state index is 0.140. The Bertz CT molecular complexity index is 673. The molecule has 3 aliphatic rings. The maximum atomic E-state index is 10.3. The van der Waals surface area contributed by atoms with Crippen molar-refractivity contribution in [1.29, 1.82) is 0 Å². The first-order valence-corrected chi connectivity index (χ1v) is 14.1. The maximum absolute atomic E-state index is 10.3. The summed E-state index contributed by atoms with van der Waals surface area (Å²) in [5.74, 6) is 2.06. The molecule has 0 heterocycles. The van der Waals surface area contributed by atoms with Gasteiger partial charge in [0.25, 0.3) is 0 Å². The maximum Gasteiger partial charge on any atom is 0.0591 e. The molecule has 3 fully saturated rings. The highest BCUT2D eigenvalue weighted by Crippen LogP contribution is 2.60. The van der Waals surface area contributed by atoms with Crippen molar-refractivity contribution >= 4 is 0 Å². The molecule has 0 amide bonds. The predicted octanol–water partition coefficient (Wildman–Crippen LogP) is 7.10. The number of hydrogen-bond acceptors (Lipinski definition) is 3. The average molecular weight is 461 g/mol. The summed E-state index contributed by atoms with van der Waals surface area (Å²) in [6, 6.07) is 0. The number of rotatable bonds is 10. The van der Waals surface area contributed by atoms with Crippen LogP contribution in [-0.2, 0) is 0 Å². The molecule has 3 saturated carbocycles. The highest BCUT2D eigenvalue weighted by Gasteiger charge is 2.51. The number of hydrogen-bond donors (Lipinski definition) is 3. The van der Waals surface area contributed by atoms with Gasteiger partial charge in [0.05, 0.1) is 17.8 Å². The lowest BCUT2D eigenvalue weighted by atomic mass is 9.60. The van der Waals surface area contributed by atoms with Crippen molar-refractivity contribution in [3.05, 3.63) is 23.3 Å². The Balaban J connectivity index is 1.73. The van der Waals surface area contributed by atoms with Crippen LogP contribution in [0.4, 0.5) is 0 Å². The van der Waals surface area contributed by atoms with Crippen LogP contribution in [0.1, 0.15) is 124 Å². The Morgan fingerprint density at radius 3 is 2.55 bits per heavy atom. The van der Waals surface area contributed by atoms with E-state index in [1.165, 1.54) is 44.1 Å². The molecule has 0 aromatic carbocycles. The van der Waals surface area contributed by atoms with Crippen molar-refractivity contribution < 1.29 is 15.3 Å². The standard InChI is InChI=1S/C30H52O3/c1-5-25(31)16-15-24(10-7-19-29(2,3)33)28-18-17-27-23(11-8-20-30(27,28)4)14-13-22-9-6-12-26(32)21-22/h13-14,24-28,31-33H,5-12,15-21H2,1-4H3/b22-13-,23-14+/t24?,25?,26-,27?,28?,30-/m0/s1. The topological polar surface area (TPSA) is 60.7 Å². The van der Waals surface area contributed by atoms with Crippen molar-refractivity contribution in [3.63, 3.8) is 0 Å². The molecule has 0 bridgehead atoms. The molecule has 3 heteroatoms. The van der Waals surface area contributed by atoms with E-state index in [1.807, 2.05) is 13.8 Å². The minimum atomic E-state index is -0.587. The molecular formula is C30H52O3. The third kappa shape index (κ3) is 7.42. The summed E-state index contributed by atoms with van der Waals surface area (Å²) in [6.45, 7) is 8.50. The van der Waals surface area contributed by atoms with E-state index in [-0.39, 0.29) is 12.2 Å². The fourth-order valence-electron chi connectivity index (χ4n) is 7.46. The lowest BCUT2D eigenvalue weighted by molar-refractivity contribution is 0.0514. The first-order chi connectivity index (χ1) is 15.6. The molecule has 33 heavy (non-hydrogen) atoms. The normalized spacial score (nSPS) is 35.1. The summed E-state index contributed by atoms with van der Waals surface area (Å²) in [7, 11) is 0. The van der Waals surface area contributed by atoms with Crippen LogP contribution in [0.2, 0.25) is 0 Å². The molecule has 3 rings (SSSR count). The zero-order chi connectivity index (χ0) is 24.1. The average Bonchev–Trinajstić information content (AvgIpc) is 3.11. The largest absolute Gasteiger partial charge is 0.393 e. The van der Waals surface area contributed by atoms with Crippen LogP contribution in [0.15, 0.2) is 23.3 Å². The second kappa shape index (κ2) is 11.9. The van der Waals surface area contributed by atoms with Gasteiger partial charge in [-0.15, -0.1) is 0 Å². The van der Waals surface area contributed by atoms with Gasteiger partial charge in [0.15, 0.2) is 0 Å². The van der Waals surface area contributed by atoms with E-state index in [2.05, 4.69) is 26.0 Å². The van der Waals surface area contributed by atoms with Gasteiger partial charge >= 0.3 is 0 Å². The molecule has 0 aromatic rings. The van der Waals surface area contributed by atoms with Crippen LogP contribution < -0.4 is 0 Å². The van der Waals surface area contributed by atoms with E-state index in [4.69, 9.17) is 0 Å². The Morgan fingerprint density at radius 1 is 1.06 bits per heavy atom. The Hall–Kier alpha value is -0.640. The van der Waals surface area contributed by atoms with E-state index in [0.29, 0.717) is 17.3 Å². The van der Waals surface area contributed by atoms with E-state index in [9.17, 15) is 15.3 Å². The lowest BCUT2D eigenvalue weighted by Gasteiger charge is -2.45. The predicted molar refractivity (Wildman–Crippen MR) is 138 cm³/mol. The number of fused-ring (bicyclic) bond motifs is 1. The Morgan fingerprint density at radius 2 is 1.85 bits per heavy atom. The molecule has 0 spiro atoms. The third-order valence-electron chi connectivity index (χ3n) is 9.38. The monoisotopic (exact) mass is 460 g/mol. The van der Waals surface area contributed by atoms with Gasteiger partial charge in [-0.25, -0.2) is 0 Å². The van der Waals surface area contributed by atoms with Crippen LogP contribution in [0.3, 0.4) is 0 Å². The van der Waals surface area contributed by atoms with E-state index in [1.54, 1.807) is 5.57 Å². The second-order valence-corrected chi connectivity index (χ2v) is 12.5. The van der Waals surface area contributed by atoms with Crippen LogP contribution in [-0.4, -0.2) is 33.1 Å². The molecule has 3 N–H and O–H groups in total. The summed E-state index contributed by atoms with van der Waals surface area (Å²) < 4.78 is 0. The van der Waals surface area contributed by atoms with Crippen molar-refractivity contribution in [3.8, 4) is 0 Å². The second-order valence-electron chi connectivity index (χ2n) is 12.5. The van der Waals surface area contributed by atoms with Gasteiger partial charge in [-0.3, -0.25) is 0 Å². The van der Waals surface area contributed by atoms with Crippen LogP contribution >= 0.6 is 0 Å². The molecule has 0 aliphatic heterocycles. The molecule has 6 atom stereocenters. The van der Waals surface area contributed by atoms with Gasteiger partial charge in [-0.1, -0.05) is 50.0 Å². The minimum Gasteiger partial charge on any atom is -0.393 e. The third-order valence-corrected chi connectivity index (χ3v) is 9.38. The fraction of sp³-hybridized carbons (Fsp3) is 0.867. The molecular weight excluding hydrogens is 408 g/mol. The summed E-state index contributed by atoms with van der Waals surface area (Å²) in [5.41, 5.74) is 2.87. The zero-order valence-electron chi connectivity index (χ0n) is 22.0. The van der Waals surface area contributed by atoms with Crippen molar-refractivity contribution in [2.24, 2.45) is 23.2 Å². The summed E-state index contributed by atoms with van der Waals surface area (Å²) in [5, 5.41) is 30.6. The van der Waals surface area contributed by atoms with E-state index < -0.39 is 5.60 Å². The van der Waals surface area contributed by atoms with Gasteiger partial charge < -0.3 is 15.3 Å². The van der Waals surface area contributed by atoms with Crippen molar-refractivity contribution in [1.82, 2.24) is 0 Å². The molecule has 0 saturated heterocycles. The molecule has 3 aliphatic carbocycles. The highest BCUT2D eigenvalue weighted by molar-refractivity contribution is 5.26. The summed E-state index contributed by atoms with van der Waals surface area (Å²) >= 11 is 0. The van der Waals surface area contributed by atoms with Gasteiger partial charge in [0.1, 0.15) is 0 Å². The lowest BCUT2D eigenvalue weighted by Crippen LogP contribution is -2.37. The number of aliphatic hydroxyl groups is 3. The summed E-state index contributed by atoms with van der Waals surface area (Å²) in [4.78, 5) is 0. The first-order valence-electron chi connectivity index (χ1n) is 14.1. The van der Waals surface area contributed by atoms with Crippen LogP contribution in [0.25, 0.3) is 0 Å². The van der Waals surface area contributed by atoms with Gasteiger partial charge in [-0.05, 0) is 120 Å². The van der Waals surface area contributed by atoms with Crippen LogP contribution in [0, 0.1) is 23.2 Å². The van der Waals surface area contributed by atoms with E-state index >= 15 is 0 Å². The number of aliphatic hydroxyl groups excluding tert-OH is 2. The molecule has 3 nitrogen and oxygen atoms in total. The first kappa shape index (κ1) is 27.0. The van der Waals surface area contributed by atoms with Gasteiger partial charge in [0, 0.05) is 0 Å². The van der Waals surface area contributed by atoms with Gasteiger partial charge in [-0.2, -0.15) is 0 Å². The fourth-order valence-corrected chi connectivity index (χ4v) is 7.46. The zero-order valence-corrected chi connectivity index (χ0v) is 22.0. The smallest absolute Gasteiger partial charge is 0.0591 e. The highest BCUT2D eigenvalue weighted by atomic mass is 16.3. The van der Waals surface area contributed by atoms with Crippen molar-refractivity contribution in [2.75, 3.05) is 0 Å². The number of allylic oxidation sites excluding steroid dienone is 3. The Labute approximate surface area is 203 Å². The Kier molecular flexibility index (Phi) is 9.69. The molecule has 4 unspecified atom stereocenters. The molecule has 190 valence electrons. The van der Waals surface area contributed by atoms with E-state index in [0.717, 1.165) is 63.7 Å². The van der Waals surface area contributed by atoms with Crippen molar-refractivity contribution in [2.45, 2.75) is 142 Å². The van der Waals surface area contributed by atoms with Gasteiger partial charge in [0.2, 0.25) is 0 Å². The summed E-state index contributed by atoms with van der Waals surface area (Å²) in [6.07, 6.45) is 21.0. The molecule has 0 radical (unpaired) electrons.